The summed E-state index contributed by atoms with van der Waals surface area (Å²) >= 11 is 0. The number of nitrogen functional groups attached to an aromatic ring is 1. The Balaban J connectivity index is 1.87. The summed E-state index contributed by atoms with van der Waals surface area (Å²) in [6.07, 6.45) is 2.21. The van der Waals surface area contributed by atoms with Crippen molar-refractivity contribution in [2.75, 3.05) is 19.4 Å². The topological polar surface area (TPSA) is 55.6 Å². The van der Waals surface area contributed by atoms with E-state index in [4.69, 9.17) is 10.5 Å². The monoisotopic (exact) mass is 220 g/mol. The van der Waals surface area contributed by atoms with Crippen LogP contribution in [0.2, 0.25) is 0 Å². The molecule has 4 heteroatoms. The van der Waals surface area contributed by atoms with Crippen molar-refractivity contribution in [2.45, 2.75) is 18.9 Å². The molecule has 0 spiro atoms. The van der Waals surface area contributed by atoms with Crippen LogP contribution in [0.4, 0.5) is 5.69 Å². The number of amides is 1. The zero-order valence-corrected chi connectivity index (χ0v) is 9.35. The van der Waals surface area contributed by atoms with Gasteiger partial charge in [-0.2, -0.15) is 0 Å². The second-order valence-corrected chi connectivity index (χ2v) is 4.06. The van der Waals surface area contributed by atoms with Crippen molar-refractivity contribution in [3.8, 4) is 5.75 Å². The number of likely N-dealkylation sites (N-methyl/N-ethyl adjacent to an activating group) is 1. The fourth-order valence-corrected chi connectivity index (χ4v) is 1.52. The fourth-order valence-electron chi connectivity index (χ4n) is 1.52. The highest BCUT2D eigenvalue weighted by atomic mass is 16.5. The summed E-state index contributed by atoms with van der Waals surface area (Å²) in [5.74, 6) is 0.575. The van der Waals surface area contributed by atoms with Gasteiger partial charge in [0.05, 0.1) is 5.69 Å². The van der Waals surface area contributed by atoms with Crippen molar-refractivity contribution in [1.82, 2.24) is 4.90 Å². The smallest absolute Gasteiger partial charge is 0.260 e. The maximum atomic E-state index is 11.7. The third-order valence-corrected chi connectivity index (χ3v) is 2.76. The number of rotatable bonds is 4. The molecule has 1 aliphatic carbocycles. The Labute approximate surface area is 95.0 Å². The van der Waals surface area contributed by atoms with Crippen LogP contribution in [0.5, 0.6) is 5.75 Å². The lowest BCUT2D eigenvalue weighted by Gasteiger charge is -2.16. The predicted molar refractivity (Wildman–Crippen MR) is 62.1 cm³/mol. The van der Waals surface area contributed by atoms with Gasteiger partial charge in [0, 0.05) is 13.1 Å². The van der Waals surface area contributed by atoms with Gasteiger partial charge in [0.25, 0.3) is 5.91 Å². The SMILES string of the molecule is CN(C(=O)COc1ccccc1N)C1CC1. The molecule has 2 N–H and O–H groups in total. The second kappa shape index (κ2) is 4.43. The fraction of sp³-hybridized carbons (Fsp3) is 0.417. The largest absolute Gasteiger partial charge is 0.482 e. The number of carbonyl (C=O) groups excluding carboxylic acids is 1. The van der Waals surface area contributed by atoms with Crippen LogP contribution in [-0.4, -0.2) is 30.5 Å². The number of ether oxygens (including phenoxy) is 1. The first-order valence-electron chi connectivity index (χ1n) is 5.41. The van der Waals surface area contributed by atoms with E-state index in [1.54, 1.807) is 17.0 Å². The molecule has 16 heavy (non-hydrogen) atoms. The quantitative estimate of drug-likeness (QED) is 0.777. The van der Waals surface area contributed by atoms with Crippen molar-refractivity contribution in [3.63, 3.8) is 0 Å². The highest BCUT2D eigenvalue weighted by Gasteiger charge is 2.29. The summed E-state index contributed by atoms with van der Waals surface area (Å²) < 4.78 is 5.38. The van der Waals surface area contributed by atoms with E-state index in [9.17, 15) is 4.79 Å². The van der Waals surface area contributed by atoms with Gasteiger partial charge in [0.15, 0.2) is 6.61 Å². The Bertz CT molecular complexity index is 388. The maximum absolute atomic E-state index is 11.7. The van der Waals surface area contributed by atoms with Gasteiger partial charge in [-0.05, 0) is 25.0 Å². The molecule has 1 saturated carbocycles. The highest BCUT2D eigenvalue weighted by Crippen LogP contribution is 2.25. The van der Waals surface area contributed by atoms with Gasteiger partial charge in [-0.25, -0.2) is 0 Å². The van der Waals surface area contributed by atoms with E-state index in [-0.39, 0.29) is 12.5 Å². The molecule has 1 amide bonds. The maximum Gasteiger partial charge on any atom is 0.260 e. The first kappa shape index (κ1) is 10.8. The molecule has 1 aromatic rings. The van der Waals surface area contributed by atoms with Gasteiger partial charge < -0.3 is 15.4 Å². The zero-order valence-electron chi connectivity index (χ0n) is 9.35. The Morgan fingerprint density at radius 2 is 2.19 bits per heavy atom. The number of anilines is 1. The number of nitrogens with zero attached hydrogens (tertiary/aromatic N) is 1. The summed E-state index contributed by atoms with van der Waals surface area (Å²) in [6, 6.07) is 7.61. The molecule has 0 aromatic heterocycles. The molecule has 0 radical (unpaired) electrons. The van der Waals surface area contributed by atoms with Crippen molar-refractivity contribution in [1.29, 1.82) is 0 Å². The first-order chi connectivity index (χ1) is 7.68. The Hall–Kier alpha value is -1.71. The van der Waals surface area contributed by atoms with Crippen molar-refractivity contribution < 1.29 is 9.53 Å². The number of hydrogen-bond donors (Lipinski definition) is 1. The van der Waals surface area contributed by atoms with Crippen molar-refractivity contribution >= 4 is 11.6 Å². The molecular formula is C12H16N2O2. The minimum absolute atomic E-state index is 0.00533. The lowest BCUT2D eigenvalue weighted by Crippen LogP contribution is -2.33. The van der Waals surface area contributed by atoms with E-state index in [1.165, 1.54) is 0 Å². The number of hydrogen-bond acceptors (Lipinski definition) is 3. The molecule has 0 bridgehead atoms. The standard InChI is InChI=1S/C12H16N2O2/c1-14(9-6-7-9)12(15)8-16-11-5-3-2-4-10(11)13/h2-5,9H,6-8,13H2,1H3. The van der Waals surface area contributed by atoms with E-state index in [0.717, 1.165) is 12.8 Å². The molecule has 86 valence electrons. The average molecular weight is 220 g/mol. The third kappa shape index (κ3) is 2.45. The number of para-hydroxylation sites is 2. The highest BCUT2D eigenvalue weighted by molar-refractivity contribution is 5.78. The van der Waals surface area contributed by atoms with Crippen LogP contribution >= 0.6 is 0 Å². The summed E-state index contributed by atoms with van der Waals surface area (Å²) in [4.78, 5) is 13.4. The molecular weight excluding hydrogens is 204 g/mol. The van der Waals surface area contributed by atoms with Gasteiger partial charge in [-0.3, -0.25) is 4.79 Å². The molecule has 0 unspecified atom stereocenters. The van der Waals surface area contributed by atoms with Crippen LogP contribution in [0.1, 0.15) is 12.8 Å². The lowest BCUT2D eigenvalue weighted by molar-refractivity contribution is -0.132. The molecule has 1 fully saturated rings. The molecule has 0 atom stereocenters. The van der Waals surface area contributed by atoms with Crippen LogP contribution < -0.4 is 10.5 Å². The van der Waals surface area contributed by atoms with Crippen LogP contribution in [0, 0.1) is 0 Å². The molecule has 0 saturated heterocycles. The summed E-state index contributed by atoms with van der Waals surface area (Å²) in [5, 5.41) is 0. The molecule has 0 heterocycles. The van der Waals surface area contributed by atoms with Crippen molar-refractivity contribution in [3.05, 3.63) is 24.3 Å². The van der Waals surface area contributed by atoms with E-state index in [1.807, 2.05) is 19.2 Å². The van der Waals surface area contributed by atoms with Gasteiger partial charge in [-0.15, -0.1) is 0 Å². The third-order valence-electron chi connectivity index (χ3n) is 2.76. The van der Waals surface area contributed by atoms with E-state index in [0.29, 0.717) is 17.5 Å². The normalized spacial score (nSPS) is 14.6. The molecule has 4 nitrogen and oxygen atoms in total. The summed E-state index contributed by atoms with van der Waals surface area (Å²) in [5.41, 5.74) is 6.26. The van der Waals surface area contributed by atoms with E-state index < -0.39 is 0 Å². The van der Waals surface area contributed by atoms with Gasteiger partial charge in [-0.1, -0.05) is 12.1 Å². The number of nitrogens with two attached hydrogens (primary N) is 1. The zero-order chi connectivity index (χ0) is 11.5. The van der Waals surface area contributed by atoms with Gasteiger partial charge in [0.1, 0.15) is 5.75 Å². The second-order valence-electron chi connectivity index (χ2n) is 4.06. The lowest BCUT2D eigenvalue weighted by atomic mass is 10.3. The minimum Gasteiger partial charge on any atom is -0.482 e. The minimum atomic E-state index is 0.00533. The molecule has 1 aromatic carbocycles. The van der Waals surface area contributed by atoms with E-state index in [2.05, 4.69) is 0 Å². The molecule has 1 aliphatic rings. The van der Waals surface area contributed by atoms with Crippen LogP contribution in [-0.2, 0) is 4.79 Å². The summed E-state index contributed by atoms with van der Waals surface area (Å²) in [6.45, 7) is 0.0568. The van der Waals surface area contributed by atoms with Gasteiger partial charge >= 0.3 is 0 Å². The number of carbonyl (C=O) groups is 1. The van der Waals surface area contributed by atoms with E-state index >= 15 is 0 Å². The summed E-state index contributed by atoms with van der Waals surface area (Å²) in [7, 11) is 1.82. The van der Waals surface area contributed by atoms with Gasteiger partial charge in [0.2, 0.25) is 0 Å². The van der Waals surface area contributed by atoms with Crippen molar-refractivity contribution in [2.24, 2.45) is 0 Å². The van der Waals surface area contributed by atoms with Crippen LogP contribution in [0.15, 0.2) is 24.3 Å². The first-order valence-corrected chi connectivity index (χ1v) is 5.41. The van der Waals surface area contributed by atoms with Crippen LogP contribution in [0.3, 0.4) is 0 Å². The predicted octanol–water partition coefficient (Wildman–Crippen LogP) is 1.27. The average Bonchev–Trinajstić information content (AvgIpc) is 3.10. The Morgan fingerprint density at radius 3 is 2.81 bits per heavy atom. The number of benzene rings is 1. The molecule has 0 aliphatic heterocycles. The van der Waals surface area contributed by atoms with Crippen LogP contribution in [0.25, 0.3) is 0 Å². The molecule has 2 rings (SSSR count). The Kier molecular flexibility index (Phi) is 2.99. The Morgan fingerprint density at radius 1 is 1.50 bits per heavy atom.